The Morgan fingerprint density at radius 1 is 0.750 bits per heavy atom. The summed E-state index contributed by atoms with van der Waals surface area (Å²) in [7, 11) is 77.2. The maximum Gasteiger partial charge on any atom is 0.175 e. The van der Waals surface area contributed by atoms with Gasteiger partial charge in [0.1, 0.15) is 23.5 Å². The van der Waals surface area contributed by atoms with Crippen LogP contribution in [-0.2, 0) is 5.21 Å². The fourth-order valence-electron chi connectivity index (χ4n) is 2.97. The van der Waals surface area contributed by atoms with Crippen LogP contribution in [0.25, 0.3) is 0 Å². The van der Waals surface area contributed by atoms with Crippen molar-refractivity contribution in [3.63, 3.8) is 0 Å². The summed E-state index contributed by atoms with van der Waals surface area (Å²) in [6.07, 6.45) is 0. The van der Waals surface area contributed by atoms with Crippen molar-refractivity contribution >= 4 is 118 Å². The molecule has 1 unspecified atom stereocenters. The van der Waals surface area contributed by atoms with Gasteiger partial charge in [0.05, 0.1) is 62.8 Å². The Hall–Kier alpha value is -0.376. The van der Waals surface area contributed by atoms with Gasteiger partial charge in [-0.1, -0.05) is 39.1 Å². The Kier molecular flexibility index (Phi) is 5.82. The monoisotopic (exact) mass is 337 g/mol. The second-order valence-corrected chi connectivity index (χ2v) is 7.22. The standard InChI is InChI=1S/C12H4B13NO2/c1-8(16,17)10(20,26-11(21,22)23)9(18,19)2-3(13)5(15)7-6(4(2)14)27-12(24,25)28-7/h26H,1H3. The van der Waals surface area contributed by atoms with E-state index in [1.807, 2.05) is 0 Å². The van der Waals surface area contributed by atoms with Crippen LogP contribution >= 0.6 is 0 Å². The molecule has 108 valence electrons. The molecule has 1 aromatic carbocycles. The van der Waals surface area contributed by atoms with Crippen molar-refractivity contribution in [2.75, 3.05) is 0 Å². The zero-order valence-electron chi connectivity index (χ0n) is 15.3. The quantitative estimate of drug-likeness (QED) is 0.543. The maximum absolute atomic E-state index is 6.33. The highest BCUT2D eigenvalue weighted by Gasteiger charge is 2.50. The fraction of sp³-hybridized carbons (Fsp3) is 0.500. The van der Waals surface area contributed by atoms with Crippen LogP contribution < -0.4 is 31.2 Å². The first-order valence-corrected chi connectivity index (χ1v) is 7.82. The molecule has 0 bridgehead atoms. The molecule has 1 atom stereocenters. The zero-order valence-corrected chi connectivity index (χ0v) is 15.3. The Morgan fingerprint density at radius 2 is 1.18 bits per heavy atom. The molecular weight excluding hydrogens is 331 g/mol. The highest BCUT2D eigenvalue weighted by molar-refractivity contribution is 6.61. The highest BCUT2D eigenvalue weighted by atomic mass is 16.7. The minimum atomic E-state index is -2.27. The number of nitrogens with one attached hydrogen (secondary N) is 1. The SMILES string of the molecule is [B]c1c([B])c(C([B])([B])C([B])(NC([B])([B])[B])C([B])([B])C)c([B])c2c1OC([B])([B])O2. The summed E-state index contributed by atoms with van der Waals surface area (Å²) in [5, 5.41) is -3.85. The fourth-order valence-corrected chi connectivity index (χ4v) is 2.97. The molecule has 1 N–H and O–H groups in total. The first-order valence-electron chi connectivity index (χ1n) is 7.82. The lowest BCUT2D eigenvalue weighted by molar-refractivity contribution is 0.0844. The van der Waals surface area contributed by atoms with E-state index in [0.29, 0.717) is 0 Å². The van der Waals surface area contributed by atoms with Crippen molar-refractivity contribution < 1.29 is 9.47 Å². The van der Waals surface area contributed by atoms with Gasteiger partial charge >= 0.3 is 0 Å². The van der Waals surface area contributed by atoms with Crippen molar-refractivity contribution in [2.45, 2.75) is 33.6 Å². The van der Waals surface area contributed by atoms with Crippen LogP contribution in [-0.4, -0.2) is 118 Å². The summed E-state index contributed by atoms with van der Waals surface area (Å²) in [6, 6.07) is 0. The van der Waals surface area contributed by atoms with Crippen LogP contribution in [0.3, 0.4) is 0 Å². The Bertz CT molecular complexity index is 800. The lowest BCUT2D eigenvalue weighted by atomic mass is 9.24. The van der Waals surface area contributed by atoms with Gasteiger partial charge < -0.3 is 14.8 Å². The molecule has 0 saturated carbocycles. The molecule has 1 aromatic rings. The van der Waals surface area contributed by atoms with Gasteiger partial charge in [0.25, 0.3) is 0 Å². The molecule has 0 fully saturated rings. The van der Waals surface area contributed by atoms with Gasteiger partial charge in [0.15, 0.2) is 32.8 Å². The van der Waals surface area contributed by atoms with Crippen LogP contribution in [0.2, 0.25) is 5.21 Å². The van der Waals surface area contributed by atoms with E-state index in [1.54, 1.807) is 0 Å². The van der Waals surface area contributed by atoms with E-state index in [-0.39, 0.29) is 33.5 Å². The molecule has 2 rings (SSSR count). The molecular formula is C12H4B13NO2. The molecule has 0 aromatic heterocycles. The van der Waals surface area contributed by atoms with Crippen LogP contribution in [0.1, 0.15) is 12.5 Å². The van der Waals surface area contributed by atoms with Crippen molar-refractivity contribution in [2.24, 2.45) is 0 Å². The van der Waals surface area contributed by atoms with Crippen molar-refractivity contribution in [3.8, 4) is 11.5 Å². The lowest BCUT2D eigenvalue weighted by Crippen LogP contribution is -2.75. The maximum atomic E-state index is 6.33. The Labute approximate surface area is 183 Å². The van der Waals surface area contributed by atoms with Crippen molar-refractivity contribution in [3.05, 3.63) is 5.56 Å². The average Bonchev–Trinajstić information content (AvgIpc) is 2.78. The second kappa shape index (κ2) is 6.82. The third-order valence-corrected chi connectivity index (χ3v) is 4.38. The molecule has 0 spiro atoms. The third kappa shape index (κ3) is 3.84. The minimum absolute atomic E-state index is 0.107. The summed E-state index contributed by atoms with van der Waals surface area (Å²) in [6.45, 7) is 1.29. The van der Waals surface area contributed by atoms with Crippen molar-refractivity contribution in [1.29, 1.82) is 0 Å². The van der Waals surface area contributed by atoms with E-state index < -0.39 is 26.7 Å². The number of hydrogen-bond donors (Lipinski definition) is 1. The van der Waals surface area contributed by atoms with Gasteiger partial charge in [0.2, 0.25) is 0 Å². The van der Waals surface area contributed by atoms with E-state index >= 15 is 0 Å². The van der Waals surface area contributed by atoms with Crippen LogP contribution in [0.5, 0.6) is 11.5 Å². The average molecular weight is 335 g/mol. The zero-order chi connectivity index (χ0) is 22.1. The topological polar surface area (TPSA) is 30.5 Å². The van der Waals surface area contributed by atoms with E-state index in [0.717, 1.165) is 0 Å². The number of benzene rings is 1. The molecule has 1 aliphatic heterocycles. The molecule has 16 heteroatoms. The summed E-state index contributed by atoms with van der Waals surface area (Å²) < 4.78 is 10.5. The third-order valence-electron chi connectivity index (χ3n) is 4.38. The van der Waals surface area contributed by atoms with E-state index in [4.69, 9.17) is 111 Å². The second-order valence-electron chi connectivity index (χ2n) is 7.22. The van der Waals surface area contributed by atoms with Gasteiger partial charge in [0, 0.05) is 0 Å². The lowest BCUT2D eigenvalue weighted by Gasteiger charge is -2.60. The number of hydrogen-bond acceptors (Lipinski definition) is 3. The Morgan fingerprint density at radius 3 is 1.57 bits per heavy atom. The summed E-state index contributed by atoms with van der Waals surface area (Å²) in [4.78, 5) is 0. The minimum Gasteiger partial charge on any atom is -0.469 e. The summed E-state index contributed by atoms with van der Waals surface area (Å²) in [5.41, 5.74) is -5.11. The first-order chi connectivity index (χ1) is 12.3. The molecule has 0 saturated heterocycles. The molecule has 0 aliphatic carbocycles. The van der Waals surface area contributed by atoms with Gasteiger partial charge in [-0.25, -0.2) is 0 Å². The summed E-state index contributed by atoms with van der Waals surface area (Å²) in [5.74, 6) is -0.270. The van der Waals surface area contributed by atoms with E-state index in [2.05, 4.69) is 5.32 Å². The number of ether oxygens (including phenoxy) is 2. The molecule has 26 radical (unpaired) electrons. The van der Waals surface area contributed by atoms with Crippen LogP contribution in [0.15, 0.2) is 0 Å². The highest BCUT2D eigenvalue weighted by Crippen LogP contribution is 2.43. The predicted molar refractivity (Wildman–Crippen MR) is 123 cm³/mol. The molecule has 1 aliphatic rings. The molecule has 28 heavy (non-hydrogen) atoms. The Balaban J connectivity index is 2.80. The smallest absolute Gasteiger partial charge is 0.175 e. The van der Waals surface area contributed by atoms with Gasteiger partial charge in [-0.15, -0.1) is 0 Å². The normalized spacial score (nSPS) is 18.5. The van der Waals surface area contributed by atoms with Crippen LogP contribution in [0.4, 0.5) is 0 Å². The van der Waals surface area contributed by atoms with Crippen LogP contribution in [0, 0.1) is 0 Å². The number of rotatable bonds is 5. The first kappa shape index (κ1) is 23.9. The summed E-state index contributed by atoms with van der Waals surface area (Å²) >= 11 is 0. The van der Waals surface area contributed by atoms with Gasteiger partial charge in [-0.3, -0.25) is 0 Å². The number of fused-ring (bicyclic) bond motifs is 1. The van der Waals surface area contributed by atoms with Gasteiger partial charge in [-0.05, 0) is 10.9 Å². The van der Waals surface area contributed by atoms with Crippen molar-refractivity contribution in [1.82, 2.24) is 5.32 Å². The molecule has 1 heterocycles. The molecule has 0 amide bonds. The van der Waals surface area contributed by atoms with E-state index in [1.165, 1.54) is 6.92 Å². The van der Waals surface area contributed by atoms with E-state index in [9.17, 15) is 0 Å². The van der Waals surface area contributed by atoms with Gasteiger partial charge in [-0.2, -0.15) is 0 Å². The largest absolute Gasteiger partial charge is 0.469 e. The predicted octanol–water partition coefficient (Wildman–Crippen LogP) is -6.68. The molecule has 3 nitrogen and oxygen atoms in total.